The van der Waals surface area contributed by atoms with Crippen LogP contribution in [0.2, 0.25) is 0 Å². The number of carbonyl (C=O) groups excluding carboxylic acids is 2. The summed E-state index contributed by atoms with van der Waals surface area (Å²) in [6.45, 7) is 1.49. The number of ether oxygens (including phenoxy) is 1. The molecule has 1 atom stereocenters. The zero-order valence-electron chi connectivity index (χ0n) is 16.5. The van der Waals surface area contributed by atoms with Gasteiger partial charge < -0.3 is 15.4 Å². The van der Waals surface area contributed by atoms with Gasteiger partial charge >= 0.3 is 0 Å². The molecule has 0 unspecified atom stereocenters. The molecule has 2 rings (SSSR count). The van der Waals surface area contributed by atoms with Crippen molar-refractivity contribution in [3.05, 3.63) is 24.3 Å². The van der Waals surface area contributed by atoms with Crippen molar-refractivity contribution < 1.29 is 19.5 Å². The third kappa shape index (κ3) is 8.27. The summed E-state index contributed by atoms with van der Waals surface area (Å²) in [4.78, 5) is 23.9. The Morgan fingerprint density at radius 3 is 2.75 bits per heavy atom. The number of hydroxylamine groups is 1. The molecule has 0 fully saturated rings. The highest BCUT2D eigenvalue weighted by Crippen LogP contribution is 2.25. The van der Waals surface area contributed by atoms with E-state index in [1.807, 2.05) is 24.3 Å². The predicted molar refractivity (Wildman–Crippen MR) is 108 cm³/mol. The largest absolute Gasteiger partial charge is 0.491 e. The maximum absolute atomic E-state index is 12.8. The summed E-state index contributed by atoms with van der Waals surface area (Å²) in [5.41, 5.74) is 2.35. The van der Waals surface area contributed by atoms with E-state index in [1.165, 1.54) is 6.42 Å². The predicted octanol–water partition coefficient (Wildman–Crippen LogP) is 3.38. The van der Waals surface area contributed by atoms with Gasteiger partial charge in [0.1, 0.15) is 5.75 Å². The fourth-order valence-electron chi connectivity index (χ4n) is 3.32. The van der Waals surface area contributed by atoms with Gasteiger partial charge in [0.25, 0.3) is 0 Å². The number of rotatable bonds is 6. The zero-order valence-corrected chi connectivity index (χ0v) is 16.5. The van der Waals surface area contributed by atoms with Crippen LogP contribution in [0.15, 0.2) is 24.3 Å². The summed E-state index contributed by atoms with van der Waals surface area (Å²) >= 11 is 0. The van der Waals surface area contributed by atoms with Crippen LogP contribution >= 0.6 is 0 Å². The molecule has 156 valence electrons. The molecular formula is C21H33N3O4. The number of amides is 2. The lowest BCUT2D eigenvalue weighted by molar-refractivity contribution is -0.129. The Morgan fingerprint density at radius 2 is 1.89 bits per heavy atom. The van der Waals surface area contributed by atoms with Gasteiger partial charge in [0.2, 0.25) is 11.8 Å². The molecule has 1 aromatic rings. The fraction of sp³-hybridized carbons (Fsp3) is 0.619. The lowest BCUT2D eigenvalue weighted by Crippen LogP contribution is -2.41. The molecule has 7 heteroatoms. The minimum absolute atomic E-state index is 0.0544. The Balaban J connectivity index is 1.93. The summed E-state index contributed by atoms with van der Waals surface area (Å²) in [5.74, 6) is 0.286. The molecule has 0 aliphatic carbocycles. The van der Waals surface area contributed by atoms with Crippen molar-refractivity contribution in [3.63, 3.8) is 0 Å². The summed E-state index contributed by atoms with van der Waals surface area (Å²) in [7, 11) is 0. The average molecular weight is 392 g/mol. The van der Waals surface area contributed by atoms with Crippen molar-refractivity contribution in [1.29, 1.82) is 0 Å². The average Bonchev–Trinajstić information content (AvgIpc) is 2.71. The van der Waals surface area contributed by atoms with Crippen molar-refractivity contribution in [2.75, 3.05) is 18.5 Å². The second kappa shape index (κ2) is 13.1. The number of hydrogen-bond acceptors (Lipinski definition) is 5. The van der Waals surface area contributed by atoms with Crippen LogP contribution in [0.3, 0.4) is 0 Å². The first-order valence-corrected chi connectivity index (χ1v) is 10.4. The van der Waals surface area contributed by atoms with Crippen LogP contribution in [0.4, 0.5) is 5.69 Å². The Morgan fingerprint density at radius 1 is 1.11 bits per heavy atom. The number of carbonyl (C=O) groups is 2. The van der Waals surface area contributed by atoms with Gasteiger partial charge in [-0.1, -0.05) is 44.2 Å². The number of hydrogen-bond donors (Lipinski definition) is 4. The summed E-state index contributed by atoms with van der Waals surface area (Å²) in [5, 5.41) is 14.9. The molecule has 4 N–H and O–H groups in total. The third-order valence-corrected chi connectivity index (χ3v) is 4.95. The molecule has 0 spiro atoms. The maximum atomic E-state index is 12.8. The first-order chi connectivity index (χ1) is 13.7. The molecule has 1 heterocycles. The molecule has 1 aliphatic rings. The van der Waals surface area contributed by atoms with E-state index in [0.717, 1.165) is 45.1 Å². The quantitative estimate of drug-likeness (QED) is 0.338. The first kappa shape index (κ1) is 22.2. The topological polar surface area (TPSA) is 99.7 Å². The molecule has 2 amide bonds. The molecule has 0 saturated heterocycles. The van der Waals surface area contributed by atoms with E-state index in [9.17, 15) is 9.59 Å². The molecular weight excluding hydrogens is 358 g/mol. The zero-order chi connectivity index (χ0) is 20.0. The molecule has 0 aromatic heterocycles. The molecule has 7 nitrogen and oxygen atoms in total. The normalized spacial score (nSPS) is 18.9. The van der Waals surface area contributed by atoms with E-state index < -0.39 is 0 Å². The molecule has 28 heavy (non-hydrogen) atoms. The van der Waals surface area contributed by atoms with Gasteiger partial charge in [0.05, 0.1) is 18.3 Å². The van der Waals surface area contributed by atoms with Crippen LogP contribution in [-0.4, -0.2) is 36.2 Å². The van der Waals surface area contributed by atoms with Gasteiger partial charge in [-0.2, -0.15) is 0 Å². The van der Waals surface area contributed by atoms with E-state index >= 15 is 0 Å². The highest BCUT2D eigenvalue weighted by Gasteiger charge is 2.19. The highest BCUT2D eigenvalue weighted by molar-refractivity contribution is 5.96. The van der Waals surface area contributed by atoms with Crippen LogP contribution in [0.1, 0.15) is 64.2 Å². The molecule has 0 radical (unpaired) electrons. The van der Waals surface area contributed by atoms with Crippen LogP contribution in [0.25, 0.3) is 0 Å². The van der Waals surface area contributed by atoms with Crippen molar-refractivity contribution in [2.24, 2.45) is 0 Å². The van der Waals surface area contributed by atoms with Gasteiger partial charge in [-0.15, -0.1) is 0 Å². The summed E-state index contributed by atoms with van der Waals surface area (Å²) in [6.07, 6.45) is 8.91. The van der Waals surface area contributed by atoms with E-state index in [0.29, 0.717) is 37.3 Å². The van der Waals surface area contributed by atoms with Crippen molar-refractivity contribution in [2.45, 2.75) is 70.3 Å². The summed E-state index contributed by atoms with van der Waals surface area (Å²) in [6, 6.07) is 7.27. The number of para-hydroxylation sites is 2. The Hall–Kier alpha value is -2.12. The van der Waals surface area contributed by atoms with Crippen molar-refractivity contribution >= 4 is 17.5 Å². The number of anilines is 1. The van der Waals surface area contributed by atoms with Crippen molar-refractivity contribution in [1.82, 2.24) is 10.8 Å². The fourth-order valence-corrected chi connectivity index (χ4v) is 3.32. The van der Waals surface area contributed by atoms with Crippen LogP contribution in [-0.2, 0) is 9.59 Å². The number of nitrogens with one attached hydrogen (secondary N) is 3. The number of unbranched alkanes of at least 4 members (excludes halogenated alkanes) is 2. The van der Waals surface area contributed by atoms with E-state index in [-0.39, 0.29) is 17.9 Å². The Labute approximate surface area is 167 Å². The molecule has 0 saturated carbocycles. The van der Waals surface area contributed by atoms with Gasteiger partial charge in [0, 0.05) is 6.42 Å². The minimum atomic E-state index is -0.370. The van der Waals surface area contributed by atoms with Crippen LogP contribution in [0, 0.1) is 0 Å². The van der Waals surface area contributed by atoms with Gasteiger partial charge in [-0.3, -0.25) is 14.8 Å². The van der Waals surface area contributed by atoms with Crippen LogP contribution < -0.4 is 20.9 Å². The molecule has 0 bridgehead atoms. The molecule has 1 aliphatic heterocycles. The first-order valence-electron chi connectivity index (χ1n) is 10.4. The van der Waals surface area contributed by atoms with Crippen LogP contribution in [0.5, 0.6) is 5.75 Å². The SMILES string of the molecule is O=C(CCCCC[C@@H]1NCCCCCCCOc2ccccc2NC1=O)NO. The second-order valence-corrected chi connectivity index (χ2v) is 7.24. The maximum Gasteiger partial charge on any atom is 0.243 e. The smallest absolute Gasteiger partial charge is 0.243 e. The lowest BCUT2D eigenvalue weighted by Gasteiger charge is -2.20. The highest BCUT2D eigenvalue weighted by atomic mass is 16.5. The minimum Gasteiger partial charge on any atom is -0.491 e. The standard InChI is InChI=1S/C21H33N3O4/c25-20(24-27)14-6-4-5-12-18-21(26)23-17-11-7-8-13-19(17)28-16-10-3-1-2-9-15-22-18/h7-8,11,13,18,22,27H,1-6,9-10,12,14-16H2,(H,23,26)(H,24,25)/t18-/m0/s1. The number of fused-ring (bicyclic) bond motifs is 1. The van der Waals surface area contributed by atoms with E-state index in [1.54, 1.807) is 5.48 Å². The number of benzene rings is 1. The van der Waals surface area contributed by atoms with Crippen molar-refractivity contribution in [3.8, 4) is 5.75 Å². The monoisotopic (exact) mass is 391 g/mol. The van der Waals surface area contributed by atoms with E-state index in [2.05, 4.69) is 10.6 Å². The summed E-state index contributed by atoms with van der Waals surface area (Å²) < 4.78 is 5.87. The van der Waals surface area contributed by atoms with Gasteiger partial charge in [-0.25, -0.2) is 5.48 Å². The Bertz CT molecular complexity index is 609. The third-order valence-electron chi connectivity index (χ3n) is 4.95. The second-order valence-electron chi connectivity index (χ2n) is 7.24. The van der Waals surface area contributed by atoms with Gasteiger partial charge in [0.15, 0.2) is 0 Å². The Kier molecular flexibility index (Phi) is 10.4. The molecule has 1 aromatic carbocycles. The van der Waals surface area contributed by atoms with Gasteiger partial charge in [-0.05, 0) is 44.4 Å². The lowest BCUT2D eigenvalue weighted by atomic mass is 10.1. The van der Waals surface area contributed by atoms with E-state index in [4.69, 9.17) is 9.94 Å².